The molecule has 2 aromatic carbocycles. The summed E-state index contributed by atoms with van der Waals surface area (Å²) < 4.78 is 39.3. The Morgan fingerprint density at radius 1 is 1.17 bits per heavy atom. The molecule has 0 atom stereocenters. The van der Waals surface area contributed by atoms with E-state index in [1.165, 1.54) is 20.1 Å². The number of nitrogens with zero attached hydrogens (tertiary/aromatic N) is 1. The van der Waals surface area contributed by atoms with Crippen LogP contribution in [0.25, 0.3) is 11.1 Å². The monoisotopic (exact) mass is 429 g/mol. The summed E-state index contributed by atoms with van der Waals surface area (Å²) in [6.45, 7) is 5.16. The van der Waals surface area contributed by atoms with Crippen LogP contribution in [0.15, 0.2) is 51.9 Å². The summed E-state index contributed by atoms with van der Waals surface area (Å²) in [6, 6.07) is 11.7. The number of nitrogens with one attached hydrogen (secondary N) is 2. The number of carbonyl (C=O) groups is 1. The second-order valence-corrected chi connectivity index (χ2v) is 8.36. The number of sulfonamides is 1. The third kappa shape index (κ3) is 4.46. The summed E-state index contributed by atoms with van der Waals surface area (Å²) in [7, 11) is -2.55. The third-order valence-electron chi connectivity index (χ3n) is 4.43. The number of hydrogen-bond donors (Lipinski definition) is 2. The Morgan fingerprint density at radius 3 is 2.47 bits per heavy atom. The average molecular weight is 429 g/mol. The van der Waals surface area contributed by atoms with Crippen LogP contribution in [0, 0.1) is 6.92 Å². The van der Waals surface area contributed by atoms with Gasteiger partial charge in [-0.1, -0.05) is 35.8 Å². The molecule has 0 unspecified atom stereocenters. The zero-order valence-corrected chi connectivity index (χ0v) is 18.0. The highest BCUT2D eigenvalue weighted by Crippen LogP contribution is 2.36. The molecular weight excluding hydrogens is 406 g/mol. The fraction of sp³-hybridized carbons (Fsp3) is 0.238. The summed E-state index contributed by atoms with van der Waals surface area (Å²) in [5, 5.41) is 6.58. The van der Waals surface area contributed by atoms with Gasteiger partial charge in [0.1, 0.15) is 10.6 Å². The SMILES string of the molecule is CCc1noc(NC(C)=O)c1-c1ccc(OC)c(S(=O)(=O)Nc2ccc(C)cc2)c1. The van der Waals surface area contributed by atoms with Gasteiger partial charge in [-0.2, -0.15) is 0 Å². The van der Waals surface area contributed by atoms with E-state index in [0.29, 0.717) is 28.9 Å². The van der Waals surface area contributed by atoms with Crippen LogP contribution in [0.5, 0.6) is 5.75 Å². The second kappa shape index (κ2) is 8.58. The molecule has 1 aromatic heterocycles. The number of carbonyl (C=O) groups excluding carboxylic acids is 1. The molecule has 3 rings (SSSR count). The van der Waals surface area contributed by atoms with E-state index in [-0.39, 0.29) is 22.4 Å². The number of rotatable bonds is 7. The maximum Gasteiger partial charge on any atom is 0.265 e. The first-order chi connectivity index (χ1) is 14.2. The summed E-state index contributed by atoms with van der Waals surface area (Å²) in [6.07, 6.45) is 0.536. The van der Waals surface area contributed by atoms with Crippen molar-refractivity contribution in [1.29, 1.82) is 0 Å². The van der Waals surface area contributed by atoms with Gasteiger partial charge >= 0.3 is 0 Å². The van der Waals surface area contributed by atoms with Crippen LogP contribution in [0.3, 0.4) is 0 Å². The van der Waals surface area contributed by atoms with Crippen LogP contribution in [-0.2, 0) is 21.2 Å². The lowest BCUT2D eigenvalue weighted by molar-refractivity contribution is -0.114. The predicted octanol–water partition coefficient (Wildman–Crippen LogP) is 3.98. The molecule has 0 aliphatic heterocycles. The summed E-state index contributed by atoms with van der Waals surface area (Å²) in [4.78, 5) is 11.5. The van der Waals surface area contributed by atoms with Crippen molar-refractivity contribution in [2.24, 2.45) is 0 Å². The number of aromatic nitrogens is 1. The molecule has 0 radical (unpaired) electrons. The number of hydrogen-bond acceptors (Lipinski definition) is 6. The molecule has 0 spiro atoms. The van der Waals surface area contributed by atoms with Crippen molar-refractivity contribution >= 4 is 27.5 Å². The van der Waals surface area contributed by atoms with Crippen molar-refractivity contribution in [3.05, 3.63) is 53.7 Å². The number of anilines is 2. The fourth-order valence-corrected chi connectivity index (χ4v) is 4.24. The standard InChI is InChI=1S/C21H23N3O5S/c1-5-17-20(21(29-23-17)22-14(3)25)15-8-11-18(28-4)19(12-15)30(26,27)24-16-9-6-13(2)7-10-16/h6-12,24H,5H2,1-4H3,(H,22,25). The Morgan fingerprint density at radius 2 is 1.87 bits per heavy atom. The molecule has 2 N–H and O–H groups in total. The smallest absolute Gasteiger partial charge is 0.265 e. The predicted molar refractivity (Wildman–Crippen MR) is 114 cm³/mol. The van der Waals surface area contributed by atoms with E-state index < -0.39 is 10.0 Å². The second-order valence-electron chi connectivity index (χ2n) is 6.71. The maximum atomic E-state index is 13.1. The first-order valence-corrected chi connectivity index (χ1v) is 10.8. The van der Waals surface area contributed by atoms with Crippen molar-refractivity contribution in [2.45, 2.75) is 32.1 Å². The molecule has 0 aliphatic carbocycles. The van der Waals surface area contributed by atoms with Gasteiger partial charge in [-0.25, -0.2) is 8.42 Å². The lowest BCUT2D eigenvalue weighted by atomic mass is 10.0. The number of aryl methyl sites for hydroxylation is 2. The molecule has 0 bridgehead atoms. The molecular formula is C21H23N3O5S. The van der Waals surface area contributed by atoms with E-state index in [1.807, 2.05) is 26.0 Å². The minimum atomic E-state index is -3.95. The summed E-state index contributed by atoms with van der Waals surface area (Å²) in [5.41, 5.74) is 3.11. The van der Waals surface area contributed by atoms with Crippen molar-refractivity contribution in [2.75, 3.05) is 17.1 Å². The van der Waals surface area contributed by atoms with Gasteiger partial charge in [0.15, 0.2) is 0 Å². The van der Waals surface area contributed by atoms with Crippen LogP contribution >= 0.6 is 0 Å². The van der Waals surface area contributed by atoms with E-state index in [0.717, 1.165) is 5.56 Å². The quantitative estimate of drug-likeness (QED) is 0.588. The van der Waals surface area contributed by atoms with Crippen molar-refractivity contribution in [1.82, 2.24) is 5.16 Å². The Bertz CT molecular complexity index is 1170. The fourth-order valence-electron chi connectivity index (χ4n) is 2.98. The lowest BCUT2D eigenvalue weighted by Gasteiger charge is -2.14. The van der Waals surface area contributed by atoms with E-state index in [1.54, 1.807) is 24.3 Å². The van der Waals surface area contributed by atoms with Gasteiger partial charge in [-0.05, 0) is 43.2 Å². The Hall–Kier alpha value is -3.33. The third-order valence-corrected chi connectivity index (χ3v) is 5.84. The number of benzene rings is 2. The molecule has 0 saturated carbocycles. The van der Waals surface area contributed by atoms with Gasteiger partial charge in [-0.3, -0.25) is 14.8 Å². The zero-order chi connectivity index (χ0) is 21.9. The largest absolute Gasteiger partial charge is 0.495 e. The van der Waals surface area contributed by atoms with Gasteiger partial charge in [0.25, 0.3) is 10.0 Å². The molecule has 0 fully saturated rings. The summed E-state index contributed by atoms with van der Waals surface area (Å²) in [5.74, 6) is 0.0331. The van der Waals surface area contributed by atoms with Crippen molar-refractivity contribution in [3.63, 3.8) is 0 Å². The molecule has 158 valence electrons. The molecule has 8 nitrogen and oxygen atoms in total. The van der Waals surface area contributed by atoms with Crippen molar-refractivity contribution in [3.8, 4) is 16.9 Å². The molecule has 1 amide bonds. The number of ether oxygens (including phenoxy) is 1. The van der Waals surface area contributed by atoms with E-state index in [2.05, 4.69) is 15.2 Å². The molecule has 3 aromatic rings. The first kappa shape index (κ1) is 21.4. The van der Waals surface area contributed by atoms with Gasteiger partial charge in [0, 0.05) is 12.6 Å². The Labute approximate surface area is 175 Å². The maximum absolute atomic E-state index is 13.1. The Balaban J connectivity index is 2.09. The Kier molecular flexibility index (Phi) is 6.12. The average Bonchev–Trinajstić information content (AvgIpc) is 3.11. The molecule has 1 heterocycles. The van der Waals surface area contributed by atoms with Crippen LogP contribution in [-0.4, -0.2) is 26.6 Å². The van der Waals surface area contributed by atoms with Crippen molar-refractivity contribution < 1.29 is 22.5 Å². The van der Waals surface area contributed by atoms with Gasteiger partial charge < -0.3 is 9.26 Å². The van der Waals surface area contributed by atoms with E-state index in [4.69, 9.17) is 9.26 Å². The van der Waals surface area contributed by atoms with Gasteiger partial charge in [0.05, 0.1) is 18.4 Å². The highest BCUT2D eigenvalue weighted by Gasteiger charge is 2.24. The number of amides is 1. The minimum Gasteiger partial charge on any atom is -0.495 e. The highest BCUT2D eigenvalue weighted by atomic mass is 32.2. The first-order valence-electron chi connectivity index (χ1n) is 9.29. The topological polar surface area (TPSA) is 111 Å². The van der Waals surface area contributed by atoms with Crippen LogP contribution < -0.4 is 14.8 Å². The number of methoxy groups -OCH3 is 1. The molecule has 9 heteroatoms. The van der Waals surface area contributed by atoms with E-state index >= 15 is 0 Å². The minimum absolute atomic E-state index is 0.0416. The highest BCUT2D eigenvalue weighted by molar-refractivity contribution is 7.92. The van der Waals surface area contributed by atoms with Gasteiger partial charge in [0.2, 0.25) is 11.8 Å². The lowest BCUT2D eigenvalue weighted by Crippen LogP contribution is -2.14. The molecule has 0 saturated heterocycles. The normalized spacial score (nSPS) is 11.2. The zero-order valence-electron chi connectivity index (χ0n) is 17.1. The molecule has 30 heavy (non-hydrogen) atoms. The van der Waals surface area contributed by atoms with Crippen LogP contribution in [0.4, 0.5) is 11.6 Å². The van der Waals surface area contributed by atoms with Crippen LogP contribution in [0.2, 0.25) is 0 Å². The van der Waals surface area contributed by atoms with Gasteiger partial charge in [-0.15, -0.1) is 0 Å². The molecule has 0 aliphatic rings. The summed E-state index contributed by atoms with van der Waals surface area (Å²) >= 11 is 0. The van der Waals surface area contributed by atoms with Crippen LogP contribution in [0.1, 0.15) is 25.1 Å². The van der Waals surface area contributed by atoms with E-state index in [9.17, 15) is 13.2 Å².